The Morgan fingerprint density at radius 1 is 1.29 bits per heavy atom. The molecule has 1 aromatic heterocycles. The highest BCUT2D eigenvalue weighted by Crippen LogP contribution is 2.23. The molecule has 0 aliphatic carbocycles. The second kappa shape index (κ2) is 5.79. The second-order valence-corrected chi connectivity index (χ2v) is 5.44. The summed E-state index contributed by atoms with van der Waals surface area (Å²) >= 11 is 0. The second-order valence-electron chi connectivity index (χ2n) is 5.44. The number of benzene rings is 1. The van der Waals surface area contributed by atoms with Crippen molar-refractivity contribution >= 4 is 16.8 Å². The largest absolute Gasteiger partial charge is 0.406 e. The molecule has 1 aromatic carbocycles. The van der Waals surface area contributed by atoms with E-state index < -0.39 is 18.6 Å². The van der Waals surface area contributed by atoms with Crippen molar-refractivity contribution in [2.24, 2.45) is 5.92 Å². The highest BCUT2D eigenvalue weighted by Gasteiger charge is 2.34. The minimum absolute atomic E-state index is 0.0401. The smallest absolute Gasteiger partial charge is 0.361 e. The molecule has 0 spiro atoms. The Hall–Kier alpha value is -1.98. The highest BCUT2D eigenvalue weighted by atomic mass is 19.4. The average Bonchev–Trinajstić information content (AvgIpc) is 2.82. The summed E-state index contributed by atoms with van der Waals surface area (Å²) in [5, 5.41) is 0.637. The average molecular weight is 298 g/mol. The molecule has 0 aliphatic heterocycles. The van der Waals surface area contributed by atoms with Gasteiger partial charge in [0, 0.05) is 29.2 Å². The summed E-state index contributed by atoms with van der Waals surface area (Å²) in [7, 11) is 0. The van der Waals surface area contributed by atoms with Gasteiger partial charge < -0.3 is 9.88 Å². The lowest BCUT2D eigenvalue weighted by molar-refractivity contribution is -0.141. The minimum atomic E-state index is -4.41. The van der Waals surface area contributed by atoms with Crippen LogP contribution in [-0.4, -0.2) is 35.1 Å². The Balaban J connectivity index is 2.35. The zero-order valence-electron chi connectivity index (χ0n) is 11.9. The van der Waals surface area contributed by atoms with Crippen LogP contribution < -0.4 is 0 Å². The molecule has 0 radical (unpaired) electrons. The summed E-state index contributed by atoms with van der Waals surface area (Å²) in [5.41, 5.74) is 1.02. The number of hydrogen-bond acceptors (Lipinski definition) is 1. The number of nitrogens with zero attached hydrogens (tertiary/aromatic N) is 1. The molecule has 1 N–H and O–H groups in total. The van der Waals surface area contributed by atoms with Crippen LogP contribution in [0.4, 0.5) is 13.2 Å². The lowest BCUT2D eigenvalue weighted by Gasteiger charge is -2.26. The van der Waals surface area contributed by atoms with Crippen LogP contribution in [0.2, 0.25) is 0 Å². The molecule has 0 atom stereocenters. The van der Waals surface area contributed by atoms with Gasteiger partial charge in [-0.15, -0.1) is 0 Å². The topological polar surface area (TPSA) is 36.1 Å². The summed E-state index contributed by atoms with van der Waals surface area (Å²) in [6.07, 6.45) is -2.74. The summed E-state index contributed by atoms with van der Waals surface area (Å²) in [5.74, 6) is -0.632. The number of nitrogens with one attached hydrogen (secondary N) is 1. The van der Waals surface area contributed by atoms with Gasteiger partial charge in [0.25, 0.3) is 5.91 Å². The summed E-state index contributed by atoms with van der Waals surface area (Å²) in [6, 6.07) is 6.70. The first kappa shape index (κ1) is 15.4. The molecule has 2 aromatic rings. The molecule has 114 valence electrons. The monoisotopic (exact) mass is 298 g/mol. The number of hydrogen-bond donors (Lipinski definition) is 1. The molecule has 0 saturated carbocycles. The minimum Gasteiger partial charge on any atom is -0.361 e. The van der Waals surface area contributed by atoms with Crippen LogP contribution in [0, 0.1) is 5.92 Å². The normalized spacial score (nSPS) is 12.1. The van der Waals surface area contributed by atoms with Gasteiger partial charge >= 0.3 is 6.18 Å². The van der Waals surface area contributed by atoms with Crippen molar-refractivity contribution in [1.29, 1.82) is 0 Å². The number of aromatic amines is 1. The molecule has 0 fully saturated rings. The number of fused-ring (bicyclic) bond motifs is 1. The van der Waals surface area contributed by atoms with Gasteiger partial charge in [0.2, 0.25) is 0 Å². The van der Waals surface area contributed by atoms with Crippen LogP contribution in [0.15, 0.2) is 30.5 Å². The van der Waals surface area contributed by atoms with Crippen LogP contribution in [0.1, 0.15) is 24.2 Å². The molecule has 0 aliphatic rings. The Labute approximate surface area is 120 Å². The molecule has 6 heteroatoms. The number of halogens is 3. The van der Waals surface area contributed by atoms with Gasteiger partial charge in [-0.3, -0.25) is 4.79 Å². The van der Waals surface area contributed by atoms with E-state index in [1.165, 1.54) is 0 Å². The Bertz CT molecular complexity index is 631. The van der Waals surface area contributed by atoms with Gasteiger partial charge in [0.1, 0.15) is 6.54 Å². The number of carbonyl (C=O) groups excluding carboxylic acids is 1. The van der Waals surface area contributed by atoms with E-state index >= 15 is 0 Å². The Morgan fingerprint density at radius 3 is 2.62 bits per heavy atom. The van der Waals surface area contributed by atoms with Crippen LogP contribution in [0.5, 0.6) is 0 Å². The zero-order valence-corrected chi connectivity index (χ0v) is 11.9. The number of H-pyrrole nitrogens is 1. The van der Waals surface area contributed by atoms with Crippen LogP contribution in [0.3, 0.4) is 0 Å². The van der Waals surface area contributed by atoms with E-state index in [-0.39, 0.29) is 12.5 Å². The summed E-state index contributed by atoms with van der Waals surface area (Å²) < 4.78 is 38.1. The predicted octanol–water partition coefficient (Wildman–Crippen LogP) is 3.83. The maximum absolute atomic E-state index is 12.7. The van der Waals surface area contributed by atoms with E-state index in [0.717, 1.165) is 10.4 Å². The summed E-state index contributed by atoms with van der Waals surface area (Å²) in [4.78, 5) is 16.3. The van der Waals surface area contributed by atoms with Gasteiger partial charge in [-0.2, -0.15) is 13.2 Å². The quantitative estimate of drug-likeness (QED) is 0.915. The van der Waals surface area contributed by atoms with Crippen molar-refractivity contribution in [1.82, 2.24) is 9.88 Å². The van der Waals surface area contributed by atoms with Crippen molar-refractivity contribution in [3.8, 4) is 0 Å². The third kappa shape index (κ3) is 3.77. The van der Waals surface area contributed by atoms with Gasteiger partial charge in [-0.05, 0) is 24.1 Å². The third-order valence-corrected chi connectivity index (χ3v) is 3.07. The SMILES string of the molecule is CC(C)CN(CC(F)(F)F)C(=O)c1cccc2[nH]ccc12. The van der Waals surface area contributed by atoms with Crippen LogP contribution >= 0.6 is 0 Å². The number of amides is 1. The van der Waals surface area contributed by atoms with Crippen LogP contribution in [0.25, 0.3) is 10.9 Å². The maximum Gasteiger partial charge on any atom is 0.406 e. The predicted molar refractivity (Wildman–Crippen MR) is 75.1 cm³/mol. The molecule has 2 rings (SSSR count). The number of rotatable bonds is 4. The van der Waals surface area contributed by atoms with Crippen molar-refractivity contribution in [2.45, 2.75) is 20.0 Å². The summed E-state index contributed by atoms with van der Waals surface area (Å²) in [6.45, 7) is 2.41. The molecule has 21 heavy (non-hydrogen) atoms. The van der Waals surface area contributed by atoms with Crippen molar-refractivity contribution < 1.29 is 18.0 Å². The van der Waals surface area contributed by atoms with Gasteiger partial charge in [-0.1, -0.05) is 19.9 Å². The van der Waals surface area contributed by atoms with E-state index in [1.807, 2.05) is 0 Å². The van der Waals surface area contributed by atoms with Gasteiger partial charge in [0.05, 0.1) is 0 Å². The molecule has 0 saturated heterocycles. The van der Waals surface area contributed by atoms with E-state index in [1.54, 1.807) is 44.3 Å². The molecule has 1 amide bonds. The van der Waals surface area contributed by atoms with Crippen molar-refractivity contribution in [2.75, 3.05) is 13.1 Å². The molecule has 1 heterocycles. The first-order valence-corrected chi connectivity index (χ1v) is 6.70. The zero-order chi connectivity index (χ0) is 15.6. The highest BCUT2D eigenvalue weighted by molar-refractivity contribution is 6.06. The van der Waals surface area contributed by atoms with E-state index in [0.29, 0.717) is 10.9 Å². The van der Waals surface area contributed by atoms with Gasteiger partial charge in [-0.25, -0.2) is 0 Å². The lowest BCUT2D eigenvalue weighted by atomic mass is 10.1. The van der Waals surface area contributed by atoms with E-state index in [4.69, 9.17) is 0 Å². The Morgan fingerprint density at radius 2 is 2.00 bits per heavy atom. The third-order valence-electron chi connectivity index (χ3n) is 3.07. The molecular formula is C15H17F3N2O. The Kier molecular flexibility index (Phi) is 4.25. The fraction of sp³-hybridized carbons (Fsp3) is 0.400. The van der Waals surface area contributed by atoms with E-state index in [2.05, 4.69) is 4.98 Å². The fourth-order valence-electron chi connectivity index (χ4n) is 2.32. The number of carbonyl (C=O) groups is 1. The van der Waals surface area contributed by atoms with Crippen LogP contribution in [-0.2, 0) is 0 Å². The van der Waals surface area contributed by atoms with E-state index in [9.17, 15) is 18.0 Å². The number of aromatic nitrogens is 1. The number of alkyl halides is 3. The lowest BCUT2D eigenvalue weighted by Crippen LogP contribution is -2.41. The van der Waals surface area contributed by atoms with Crippen molar-refractivity contribution in [3.05, 3.63) is 36.0 Å². The standard InChI is InChI=1S/C15H17F3N2O/c1-10(2)8-20(9-15(16,17)18)14(21)12-4-3-5-13-11(12)6-7-19-13/h3-7,10,19H,8-9H2,1-2H3. The van der Waals surface area contributed by atoms with Crippen molar-refractivity contribution in [3.63, 3.8) is 0 Å². The first-order valence-electron chi connectivity index (χ1n) is 6.70. The fourth-order valence-corrected chi connectivity index (χ4v) is 2.32. The maximum atomic E-state index is 12.7. The molecular weight excluding hydrogens is 281 g/mol. The molecule has 0 bridgehead atoms. The molecule has 3 nitrogen and oxygen atoms in total. The first-order chi connectivity index (χ1) is 9.78. The molecule has 0 unspecified atom stereocenters. The van der Waals surface area contributed by atoms with Gasteiger partial charge in [0.15, 0.2) is 0 Å².